The smallest absolute Gasteiger partial charge is 0.155 e. The van der Waals surface area contributed by atoms with Crippen molar-refractivity contribution in [3.05, 3.63) is 0 Å². The van der Waals surface area contributed by atoms with Crippen LogP contribution in [-0.2, 0) is 9.47 Å². The second-order valence-corrected chi connectivity index (χ2v) is 5.06. The summed E-state index contributed by atoms with van der Waals surface area (Å²) in [4.78, 5) is 0. The molecule has 3 nitrogen and oxygen atoms in total. The van der Waals surface area contributed by atoms with Gasteiger partial charge in [-0.3, -0.25) is 0 Å². The molecule has 0 aromatic carbocycles. The normalized spacial score (nSPS) is 36.7. The van der Waals surface area contributed by atoms with Crippen molar-refractivity contribution < 1.29 is 14.0 Å². The molecule has 2 heterocycles. The molecule has 0 aromatic heterocycles. The summed E-state index contributed by atoms with van der Waals surface area (Å²) in [6, 6.07) is 0. The fraction of sp³-hybridized carbons (Fsp3) is 1.00. The Morgan fingerprint density at radius 2 is 1.85 bits per heavy atom. The summed E-state index contributed by atoms with van der Waals surface area (Å²) in [6.07, 6.45) is 2.29. The molecule has 0 amide bonds. The van der Waals surface area contributed by atoms with Crippen LogP contribution in [0, 0.1) is 0 Å². The van der Waals surface area contributed by atoms with E-state index in [1.807, 2.05) is 6.92 Å². The van der Waals surface area contributed by atoms with Crippen LogP contribution < -0.4 is 0 Å². The standard InChI is InChI=1S/C10H20NO2/c1-9-12-8-10(13-9)4-6-11(2,3)7-5-10/h9H,4-8H2,1-3H3/q+1. The number of nitrogens with zero attached hydrogens (tertiary/aromatic N) is 1. The largest absolute Gasteiger partial charge is 0.350 e. The van der Waals surface area contributed by atoms with E-state index in [9.17, 15) is 0 Å². The van der Waals surface area contributed by atoms with Crippen LogP contribution in [0.25, 0.3) is 0 Å². The number of piperidine rings is 1. The molecule has 2 rings (SSSR count). The molecule has 1 atom stereocenters. The second-order valence-electron chi connectivity index (χ2n) is 5.06. The monoisotopic (exact) mass is 186 g/mol. The van der Waals surface area contributed by atoms with Crippen molar-refractivity contribution in [2.75, 3.05) is 33.8 Å². The molecular weight excluding hydrogens is 166 g/mol. The molecule has 0 N–H and O–H groups in total. The Hall–Kier alpha value is -0.120. The minimum atomic E-state index is 0.00807. The van der Waals surface area contributed by atoms with Gasteiger partial charge in [-0.15, -0.1) is 0 Å². The van der Waals surface area contributed by atoms with Crippen LogP contribution in [0.5, 0.6) is 0 Å². The van der Waals surface area contributed by atoms with Gasteiger partial charge in [-0.05, 0) is 6.92 Å². The lowest BCUT2D eigenvalue weighted by molar-refractivity contribution is -0.897. The van der Waals surface area contributed by atoms with Crippen LogP contribution in [-0.4, -0.2) is 50.2 Å². The average Bonchev–Trinajstić information content (AvgIpc) is 2.41. The van der Waals surface area contributed by atoms with E-state index in [-0.39, 0.29) is 11.9 Å². The topological polar surface area (TPSA) is 18.5 Å². The van der Waals surface area contributed by atoms with Crippen LogP contribution in [0.15, 0.2) is 0 Å². The van der Waals surface area contributed by atoms with Gasteiger partial charge in [0.2, 0.25) is 0 Å². The summed E-state index contributed by atoms with van der Waals surface area (Å²) >= 11 is 0. The third kappa shape index (κ3) is 1.87. The quantitative estimate of drug-likeness (QED) is 0.525. The molecule has 1 spiro atoms. The van der Waals surface area contributed by atoms with Gasteiger partial charge in [0.25, 0.3) is 0 Å². The van der Waals surface area contributed by atoms with Gasteiger partial charge in [0, 0.05) is 12.8 Å². The van der Waals surface area contributed by atoms with E-state index in [0.717, 1.165) is 23.9 Å². The molecule has 0 aliphatic carbocycles. The fourth-order valence-corrected chi connectivity index (χ4v) is 2.20. The highest BCUT2D eigenvalue weighted by Gasteiger charge is 2.45. The number of hydrogen-bond donors (Lipinski definition) is 0. The van der Waals surface area contributed by atoms with Crippen molar-refractivity contribution in [2.24, 2.45) is 0 Å². The van der Waals surface area contributed by atoms with Gasteiger partial charge in [0.15, 0.2) is 6.29 Å². The van der Waals surface area contributed by atoms with Crippen molar-refractivity contribution in [1.29, 1.82) is 0 Å². The minimum Gasteiger partial charge on any atom is -0.350 e. The molecule has 0 saturated carbocycles. The van der Waals surface area contributed by atoms with Crippen molar-refractivity contribution in [3.63, 3.8) is 0 Å². The Bertz CT molecular complexity index is 193. The Labute approximate surface area is 80.2 Å². The first kappa shape index (κ1) is 9.44. The Kier molecular flexibility index (Phi) is 2.13. The highest BCUT2D eigenvalue weighted by Crippen LogP contribution is 2.34. The maximum Gasteiger partial charge on any atom is 0.155 e. The maximum absolute atomic E-state index is 5.85. The molecule has 3 heteroatoms. The van der Waals surface area contributed by atoms with Gasteiger partial charge in [-0.1, -0.05) is 0 Å². The second kappa shape index (κ2) is 2.94. The molecule has 76 valence electrons. The Morgan fingerprint density at radius 1 is 1.23 bits per heavy atom. The summed E-state index contributed by atoms with van der Waals surface area (Å²) in [6.45, 7) is 5.20. The zero-order valence-electron chi connectivity index (χ0n) is 8.88. The maximum atomic E-state index is 5.85. The van der Waals surface area contributed by atoms with Crippen LogP contribution in [0.2, 0.25) is 0 Å². The number of likely N-dealkylation sites (tertiary alicyclic amines) is 1. The third-order valence-electron chi connectivity index (χ3n) is 3.34. The Morgan fingerprint density at radius 3 is 2.31 bits per heavy atom. The lowest BCUT2D eigenvalue weighted by Gasteiger charge is -2.41. The first-order valence-corrected chi connectivity index (χ1v) is 5.13. The molecule has 0 radical (unpaired) electrons. The molecule has 2 fully saturated rings. The molecule has 0 aromatic rings. The van der Waals surface area contributed by atoms with Crippen molar-refractivity contribution in [2.45, 2.75) is 31.7 Å². The van der Waals surface area contributed by atoms with Gasteiger partial charge in [0.05, 0.1) is 33.8 Å². The molecular formula is C10H20NO2+. The molecule has 1 unspecified atom stereocenters. The summed E-state index contributed by atoms with van der Waals surface area (Å²) < 4.78 is 12.5. The van der Waals surface area contributed by atoms with E-state index in [1.54, 1.807) is 0 Å². The van der Waals surface area contributed by atoms with Crippen LogP contribution >= 0.6 is 0 Å². The number of rotatable bonds is 0. The van der Waals surface area contributed by atoms with Gasteiger partial charge in [-0.2, -0.15) is 0 Å². The lowest BCUT2D eigenvalue weighted by Crippen LogP contribution is -2.53. The minimum absolute atomic E-state index is 0.00807. The summed E-state index contributed by atoms with van der Waals surface area (Å²) in [5.74, 6) is 0. The number of hydrogen-bond acceptors (Lipinski definition) is 2. The van der Waals surface area contributed by atoms with Crippen molar-refractivity contribution in [3.8, 4) is 0 Å². The van der Waals surface area contributed by atoms with Crippen LogP contribution in [0.4, 0.5) is 0 Å². The van der Waals surface area contributed by atoms with Crippen molar-refractivity contribution in [1.82, 2.24) is 0 Å². The summed E-state index contributed by atoms with van der Waals surface area (Å²) in [5.41, 5.74) is 0.0627. The predicted molar refractivity (Wildman–Crippen MR) is 50.3 cm³/mol. The predicted octanol–water partition coefficient (Wildman–Crippen LogP) is 0.988. The van der Waals surface area contributed by atoms with E-state index < -0.39 is 0 Å². The first-order valence-electron chi connectivity index (χ1n) is 5.13. The van der Waals surface area contributed by atoms with Crippen LogP contribution in [0.1, 0.15) is 19.8 Å². The fourth-order valence-electron chi connectivity index (χ4n) is 2.20. The van der Waals surface area contributed by atoms with E-state index >= 15 is 0 Å². The zero-order valence-corrected chi connectivity index (χ0v) is 8.88. The third-order valence-corrected chi connectivity index (χ3v) is 3.34. The van der Waals surface area contributed by atoms with Gasteiger partial charge in [-0.25, -0.2) is 0 Å². The molecule has 0 bridgehead atoms. The highest BCUT2D eigenvalue weighted by molar-refractivity contribution is 4.86. The molecule has 2 aliphatic heterocycles. The first-order chi connectivity index (χ1) is 6.02. The SMILES string of the molecule is CC1OCC2(CC[N+](C)(C)CC2)O1. The van der Waals surface area contributed by atoms with E-state index in [2.05, 4.69) is 14.1 Å². The molecule has 13 heavy (non-hydrogen) atoms. The highest BCUT2D eigenvalue weighted by atomic mass is 16.7. The number of ether oxygens (including phenoxy) is 2. The van der Waals surface area contributed by atoms with E-state index in [4.69, 9.17) is 9.47 Å². The van der Waals surface area contributed by atoms with Gasteiger partial charge < -0.3 is 14.0 Å². The molecule has 2 aliphatic rings. The molecule has 2 saturated heterocycles. The van der Waals surface area contributed by atoms with Gasteiger partial charge >= 0.3 is 0 Å². The van der Waals surface area contributed by atoms with E-state index in [0.29, 0.717) is 0 Å². The Balaban J connectivity index is 1.97. The van der Waals surface area contributed by atoms with Crippen molar-refractivity contribution >= 4 is 0 Å². The van der Waals surface area contributed by atoms with E-state index in [1.165, 1.54) is 13.1 Å². The number of quaternary nitrogens is 1. The summed E-state index contributed by atoms with van der Waals surface area (Å²) in [7, 11) is 4.57. The van der Waals surface area contributed by atoms with Crippen LogP contribution in [0.3, 0.4) is 0 Å². The average molecular weight is 186 g/mol. The summed E-state index contributed by atoms with van der Waals surface area (Å²) in [5, 5.41) is 0. The zero-order chi connectivity index (χ0) is 9.53. The van der Waals surface area contributed by atoms with Gasteiger partial charge in [0.1, 0.15) is 5.60 Å². The lowest BCUT2D eigenvalue weighted by atomic mass is 9.91.